The van der Waals surface area contributed by atoms with Gasteiger partial charge in [0.25, 0.3) is 0 Å². The Bertz CT molecular complexity index is 441. The molecule has 20 heavy (non-hydrogen) atoms. The summed E-state index contributed by atoms with van der Waals surface area (Å²) in [4.78, 5) is 4.56. The van der Waals surface area contributed by atoms with E-state index in [0.29, 0.717) is 12.2 Å². The number of hydrogen-bond donors (Lipinski definition) is 1. The molecule has 5 heteroatoms. The van der Waals surface area contributed by atoms with Crippen LogP contribution in [0.15, 0.2) is 0 Å². The fourth-order valence-electron chi connectivity index (χ4n) is 2.83. The van der Waals surface area contributed by atoms with Gasteiger partial charge in [-0.25, -0.2) is 9.67 Å². The van der Waals surface area contributed by atoms with Gasteiger partial charge in [-0.15, -0.1) is 0 Å². The first-order chi connectivity index (χ1) is 9.78. The van der Waals surface area contributed by atoms with Crippen LogP contribution in [-0.4, -0.2) is 39.6 Å². The molecule has 1 saturated heterocycles. The van der Waals surface area contributed by atoms with Crippen LogP contribution in [0.2, 0.25) is 0 Å². The molecule has 0 bridgehead atoms. The fourth-order valence-corrected chi connectivity index (χ4v) is 2.83. The molecule has 0 spiro atoms. The summed E-state index contributed by atoms with van der Waals surface area (Å²) >= 11 is 0. The van der Waals surface area contributed by atoms with Gasteiger partial charge in [-0.3, -0.25) is 0 Å². The van der Waals surface area contributed by atoms with Gasteiger partial charge in [-0.2, -0.15) is 5.10 Å². The van der Waals surface area contributed by atoms with Crippen LogP contribution in [0.1, 0.15) is 51.2 Å². The third-order valence-corrected chi connectivity index (χ3v) is 4.21. The van der Waals surface area contributed by atoms with Crippen molar-refractivity contribution in [3.8, 4) is 0 Å². The van der Waals surface area contributed by atoms with Gasteiger partial charge in [0.15, 0.2) is 5.82 Å². The minimum atomic E-state index is 0.303. The van der Waals surface area contributed by atoms with Crippen molar-refractivity contribution in [1.29, 1.82) is 0 Å². The van der Waals surface area contributed by atoms with Gasteiger partial charge in [0.2, 0.25) is 0 Å². The van der Waals surface area contributed by atoms with Crippen LogP contribution in [-0.2, 0) is 24.1 Å². The van der Waals surface area contributed by atoms with Crippen molar-refractivity contribution >= 4 is 0 Å². The first kappa shape index (κ1) is 14.0. The Kier molecular flexibility index (Phi) is 4.36. The highest BCUT2D eigenvalue weighted by Gasteiger charge is 2.28. The Morgan fingerprint density at radius 2 is 1.95 bits per heavy atom. The molecule has 2 atom stereocenters. The van der Waals surface area contributed by atoms with Crippen LogP contribution < -0.4 is 5.32 Å². The number of rotatable bonds is 7. The zero-order valence-electron chi connectivity index (χ0n) is 12.6. The summed E-state index contributed by atoms with van der Waals surface area (Å²) in [5.74, 6) is 2.04. The van der Waals surface area contributed by atoms with Crippen molar-refractivity contribution in [2.75, 3.05) is 6.54 Å². The molecule has 0 aromatic carbocycles. The van der Waals surface area contributed by atoms with Crippen LogP contribution in [0, 0.1) is 0 Å². The lowest BCUT2D eigenvalue weighted by molar-refractivity contribution is 0.0334. The molecule has 2 fully saturated rings. The highest BCUT2D eigenvalue weighted by Crippen LogP contribution is 2.23. The number of hydrogen-bond acceptors (Lipinski definition) is 4. The molecule has 0 radical (unpaired) electrons. The van der Waals surface area contributed by atoms with E-state index in [1.165, 1.54) is 19.3 Å². The second-order valence-electron chi connectivity index (χ2n) is 5.97. The van der Waals surface area contributed by atoms with E-state index in [1.807, 2.05) is 0 Å². The molecule has 0 amide bonds. The van der Waals surface area contributed by atoms with E-state index in [2.05, 4.69) is 33.9 Å². The second kappa shape index (κ2) is 6.22. The summed E-state index contributed by atoms with van der Waals surface area (Å²) in [6.45, 7) is 6.11. The van der Waals surface area contributed by atoms with E-state index in [9.17, 15) is 0 Å². The van der Waals surface area contributed by atoms with E-state index in [4.69, 9.17) is 4.74 Å². The fraction of sp³-hybridized carbons (Fsp3) is 0.867. The quantitative estimate of drug-likeness (QED) is 0.825. The summed E-state index contributed by atoms with van der Waals surface area (Å²) in [5, 5.41) is 8.14. The average Bonchev–Trinajstić information content (AvgIpc) is 3.05. The molecule has 1 N–H and O–H groups in total. The Labute approximate surface area is 121 Å². The molecule has 3 rings (SSSR count). The van der Waals surface area contributed by atoms with E-state index in [1.54, 1.807) is 0 Å². The largest absolute Gasteiger partial charge is 0.372 e. The number of aromatic nitrogens is 3. The molecule has 1 saturated carbocycles. The molecule has 1 aliphatic carbocycles. The number of ether oxygens (including phenoxy) is 1. The maximum Gasteiger partial charge on any atom is 0.150 e. The van der Waals surface area contributed by atoms with Gasteiger partial charge in [0.1, 0.15) is 5.82 Å². The third kappa shape index (κ3) is 3.38. The predicted octanol–water partition coefficient (Wildman–Crippen LogP) is 1.70. The second-order valence-corrected chi connectivity index (χ2v) is 5.97. The number of nitrogens with one attached hydrogen (secondary N) is 1. The van der Waals surface area contributed by atoms with Gasteiger partial charge in [0.05, 0.1) is 18.8 Å². The minimum absolute atomic E-state index is 0.303. The first-order valence-electron chi connectivity index (χ1n) is 8.10. The monoisotopic (exact) mass is 278 g/mol. The molecule has 1 aliphatic heterocycles. The zero-order chi connectivity index (χ0) is 13.9. The molecule has 2 unspecified atom stereocenters. The Hall–Kier alpha value is -0.940. The Morgan fingerprint density at radius 1 is 1.15 bits per heavy atom. The van der Waals surface area contributed by atoms with E-state index in [0.717, 1.165) is 50.0 Å². The zero-order valence-corrected chi connectivity index (χ0v) is 12.6. The topological polar surface area (TPSA) is 52.0 Å². The third-order valence-electron chi connectivity index (χ3n) is 4.21. The molecule has 1 aromatic heterocycles. The summed E-state index contributed by atoms with van der Waals surface area (Å²) in [6.07, 6.45) is 7.52. The van der Waals surface area contributed by atoms with Crippen LogP contribution in [0.4, 0.5) is 0 Å². The van der Waals surface area contributed by atoms with Crippen LogP contribution in [0.25, 0.3) is 0 Å². The standard InChI is InChI=1S/C15H26N4O/c1-3-14-17-15(4-2)19(18-14)10-13-8-7-12(20-13)9-16-11-5-6-11/h11-13,16H,3-10H2,1-2H3. The maximum atomic E-state index is 6.13. The predicted molar refractivity (Wildman–Crippen MR) is 77.7 cm³/mol. The summed E-state index contributed by atoms with van der Waals surface area (Å²) in [5.41, 5.74) is 0. The van der Waals surface area contributed by atoms with Crippen molar-refractivity contribution in [2.24, 2.45) is 0 Å². The molecule has 1 aromatic rings. The van der Waals surface area contributed by atoms with Gasteiger partial charge in [-0.1, -0.05) is 13.8 Å². The molecular weight excluding hydrogens is 252 g/mol. The number of aryl methyl sites for hydroxylation is 2. The lowest BCUT2D eigenvalue weighted by Gasteiger charge is -2.15. The van der Waals surface area contributed by atoms with Crippen LogP contribution in [0.5, 0.6) is 0 Å². The smallest absolute Gasteiger partial charge is 0.150 e. The SMILES string of the molecule is CCc1nc(CC)n(CC2CCC(CNC3CC3)O2)n1. The number of nitrogens with zero attached hydrogens (tertiary/aromatic N) is 3. The molecule has 2 aliphatic rings. The van der Waals surface area contributed by atoms with E-state index >= 15 is 0 Å². The lowest BCUT2D eigenvalue weighted by Crippen LogP contribution is -2.29. The summed E-state index contributed by atoms with van der Waals surface area (Å²) in [6, 6.07) is 0.770. The molecule has 112 valence electrons. The van der Waals surface area contributed by atoms with Crippen LogP contribution in [0.3, 0.4) is 0 Å². The van der Waals surface area contributed by atoms with Crippen molar-refractivity contribution in [3.05, 3.63) is 11.6 Å². The van der Waals surface area contributed by atoms with Crippen LogP contribution >= 0.6 is 0 Å². The van der Waals surface area contributed by atoms with Crippen molar-refractivity contribution in [1.82, 2.24) is 20.1 Å². The normalized spacial score (nSPS) is 26.3. The van der Waals surface area contributed by atoms with Crippen molar-refractivity contribution < 1.29 is 4.74 Å². The Balaban J connectivity index is 1.51. The maximum absolute atomic E-state index is 6.13. The first-order valence-corrected chi connectivity index (χ1v) is 8.10. The van der Waals surface area contributed by atoms with E-state index < -0.39 is 0 Å². The average molecular weight is 278 g/mol. The van der Waals surface area contributed by atoms with Gasteiger partial charge in [-0.05, 0) is 25.7 Å². The molecule has 2 heterocycles. The van der Waals surface area contributed by atoms with Gasteiger partial charge in [0, 0.05) is 25.4 Å². The molecular formula is C15H26N4O. The van der Waals surface area contributed by atoms with Crippen molar-refractivity contribution in [3.63, 3.8) is 0 Å². The Morgan fingerprint density at radius 3 is 2.65 bits per heavy atom. The summed E-state index contributed by atoms with van der Waals surface area (Å²) in [7, 11) is 0. The molecule has 5 nitrogen and oxygen atoms in total. The minimum Gasteiger partial charge on any atom is -0.372 e. The van der Waals surface area contributed by atoms with Crippen molar-refractivity contribution in [2.45, 2.75) is 77.2 Å². The highest BCUT2D eigenvalue weighted by molar-refractivity contribution is 4.93. The highest BCUT2D eigenvalue weighted by atomic mass is 16.5. The summed E-state index contributed by atoms with van der Waals surface area (Å²) < 4.78 is 8.19. The van der Waals surface area contributed by atoms with Gasteiger partial charge < -0.3 is 10.1 Å². The van der Waals surface area contributed by atoms with Gasteiger partial charge >= 0.3 is 0 Å². The lowest BCUT2D eigenvalue weighted by atomic mass is 10.2. The van der Waals surface area contributed by atoms with E-state index in [-0.39, 0.29) is 0 Å².